The van der Waals surface area contributed by atoms with Crippen LogP contribution in [0.1, 0.15) is 20.3 Å². The summed E-state index contributed by atoms with van der Waals surface area (Å²) in [7, 11) is 0. The molecule has 3 amide bonds. The van der Waals surface area contributed by atoms with Gasteiger partial charge in [0.1, 0.15) is 11.6 Å². The first kappa shape index (κ1) is 22.4. The second-order valence-corrected chi connectivity index (χ2v) is 7.64. The first-order valence-corrected chi connectivity index (χ1v) is 10.5. The molecule has 2 aromatic carbocycles. The van der Waals surface area contributed by atoms with Crippen LogP contribution in [0.15, 0.2) is 48.5 Å². The third kappa shape index (κ3) is 6.60. The van der Waals surface area contributed by atoms with E-state index in [2.05, 4.69) is 27.7 Å². The number of amides is 3. The molecule has 0 unspecified atom stereocenters. The molecule has 0 saturated carbocycles. The first-order valence-electron chi connectivity index (χ1n) is 10.5. The lowest BCUT2D eigenvalue weighted by atomic mass is 10.2. The van der Waals surface area contributed by atoms with Crippen LogP contribution in [-0.2, 0) is 4.79 Å². The maximum absolute atomic E-state index is 13.6. The van der Waals surface area contributed by atoms with Gasteiger partial charge in [0.05, 0.1) is 11.8 Å². The average molecular weight is 429 g/mol. The molecule has 166 valence electrons. The maximum Gasteiger partial charge on any atom is 0.319 e. The molecule has 0 atom stereocenters. The van der Waals surface area contributed by atoms with Crippen LogP contribution in [0.4, 0.5) is 20.6 Å². The van der Waals surface area contributed by atoms with Crippen molar-refractivity contribution in [3.63, 3.8) is 0 Å². The van der Waals surface area contributed by atoms with Crippen molar-refractivity contribution in [2.24, 2.45) is 0 Å². The average Bonchev–Trinajstić information content (AvgIpc) is 2.76. The quantitative estimate of drug-likeness (QED) is 0.708. The number of anilines is 2. The van der Waals surface area contributed by atoms with Crippen LogP contribution in [0.2, 0.25) is 0 Å². The second-order valence-electron chi connectivity index (χ2n) is 7.64. The summed E-state index contributed by atoms with van der Waals surface area (Å²) in [6.45, 7) is 6.75. The number of para-hydroxylation sites is 1. The molecule has 0 spiro atoms. The van der Waals surface area contributed by atoms with E-state index in [-0.39, 0.29) is 30.7 Å². The van der Waals surface area contributed by atoms with Crippen LogP contribution in [-0.4, -0.2) is 55.7 Å². The van der Waals surface area contributed by atoms with Crippen LogP contribution in [0.25, 0.3) is 0 Å². The molecule has 1 aliphatic rings. The highest BCUT2D eigenvalue weighted by molar-refractivity contribution is 5.91. The summed E-state index contributed by atoms with van der Waals surface area (Å²) in [5, 5.41) is 5.24. The van der Waals surface area contributed by atoms with Crippen molar-refractivity contribution in [1.82, 2.24) is 10.2 Å². The predicted molar refractivity (Wildman–Crippen MR) is 119 cm³/mol. The van der Waals surface area contributed by atoms with E-state index >= 15 is 0 Å². The van der Waals surface area contributed by atoms with Crippen molar-refractivity contribution < 1.29 is 18.7 Å². The van der Waals surface area contributed by atoms with Gasteiger partial charge < -0.3 is 25.2 Å². The number of urea groups is 1. The van der Waals surface area contributed by atoms with Gasteiger partial charge in [0.25, 0.3) is 0 Å². The molecule has 1 aliphatic heterocycles. The van der Waals surface area contributed by atoms with E-state index in [9.17, 15) is 14.0 Å². The topological polar surface area (TPSA) is 73.9 Å². The van der Waals surface area contributed by atoms with Crippen molar-refractivity contribution in [1.29, 1.82) is 0 Å². The Labute approximate surface area is 182 Å². The summed E-state index contributed by atoms with van der Waals surface area (Å²) in [6, 6.07) is 13.6. The molecule has 0 radical (unpaired) electrons. The highest BCUT2D eigenvalue weighted by Gasteiger charge is 2.21. The zero-order chi connectivity index (χ0) is 22.2. The Balaban J connectivity index is 1.42. The van der Waals surface area contributed by atoms with Gasteiger partial charge in [0.2, 0.25) is 5.91 Å². The normalized spacial score (nSPS) is 13.8. The zero-order valence-electron chi connectivity index (χ0n) is 17.9. The Bertz CT molecular complexity index is 884. The summed E-state index contributed by atoms with van der Waals surface area (Å²) in [5.74, 6) is -0.0854. The van der Waals surface area contributed by atoms with E-state index in [1.165, 1.54) is 18.2 Å². The van der Waals surface area contributed by atoms with E-state index in [0.717, 1.165) is 18.8 Å². The number of hydrogen-bond acceptors (Lipinski definition) is 4. The highest BCUT2D eigenvalue weighted by Crippen LogP contribution is 2.26. The Morgan fingerprint density at radius 2 is 1.77 bits per heavy atom. The largest absolute Gasteiger partial charge is 0.489 e. The van der Waals surface area contributed by atoms with Gasteiger partial charge in [-0.3, -0.25) is 4.79 Å². The van der Waals surface area contributed by atoms with Crippen molar-refractivity contribution in [2.75, 3.05) is 42.9 Å². The fourth-order valence-electron chi connectivity index (χ4n) is 3.42. The van der Waals surface area contributed by atoms with Gasteiger partial charge >= 0.3 is 6.03 Å². The molecule has 7 nitrogen and oxygen atoms in total. The number of nitrogens with one attached hydrogen (secondary N) is 2. The molecule has 0 bridgehead atoms. The van der Waals surface area contributed by atoms with Gasteiger partial charge in [0.15, 0.2) is 0 Å². The number of piperazine rings is 1. The minimum absolute atomic E-state index is 0.00240. The first-order chi connectivity index (χ1) is 14.9. The van der Waals surface area contributed by atoms with Crippen LogP contribution in [0, 0.1) is 5.82 Å². The van der Waals surface area contributed by atoms with Crippen LogP contribution >= 0.6 is 0 Å². The van der Waals surface area contributed by atoms with Crippen LogP contribution in [0.3, 0.4) is 0 Å². The van der Waals surface area contributed by atoms with Gasteiger partial charge in [-0.05, 0) is 38.1 Å². The molecule has 1 fully saturated rings. The lowest BCUT2D eigenvalue weighted by molar-refractivity contribution is -0.131. The van der Waals surface area contributed by atoms with Crippen molar-refractivity contribution >= 4 is 23.3 Å². The van der Waals surface area contributed by atoms with Crippen molar-refractivity contribution in [3.05, 3.63) is 54.3 Å². The maximum atomic E-state index is 13.6. The number of rotatable bonds is 7. The SMILES string of the molecule is CC(C)Oc1ccc(F)cc1NC(=O)NCCC(=O)N1CCN(c2ccccc2)CC1. The molecule has 1 heterocycles. The number of hydrogen-bond donors (Lipinski definition) is 2. The van der Waals surface area contributed by atoms with E-state index in [1.807, 2.05) is 36.9 Å². The van der Waals surface area contributed by atoms with Crippen molar-refractivity contribution in [2.45, 2.75) is 26.4 Å². The Morgan fingerprint density at radius 3 is 2.45 bits per heavy atom. The molecule has 2 aromatic rings. The fourth-order valence-corrected chi connectivity index (χ4v) is 3.42. The molecular formula is C23H29FN4O3. The summed E-state index contributed by atoms with van der Waals surface area (Å²) in [4.78, 5) is 28.7. The smallest absolute Gasteiger partial charge is 0.319 e. The second kappa shape index (κ2) is 10.7. The number of benzene rings is 2. The molecule has 8 heteroatoms. The summed E-state index contributed by atoms with van der Waals surface area (Å²) < 4.78 is 19.1. The van der Waals surface area contributed by atoms with Crippen molar-refractivity contribution in [3.8, 4) is 5.75 Å². The van der Waals surface area contributed by atoms with Gasteiger partial charge in [-0.2, -0.15) is 0 Å². The number of carbonyl (C=O) groups excluding carboxylic acids is 2. The van der Waals surface area contributed by atoms with Gasteiger partial charge in [-0.15, -0.1) is 0 Å². The minimum Gasteiger partial charge on any atom is -0.489 e. The van der Waals surface area contributed by atoms with E-state index in [0.29, 0.717) is 18.8 Å². The molecule has 2 N–H and O–H groups in total. The van der Waals surface area contributed by atoms with Crippen LogP contribution in [0.5, 0.6) is 5.75 Å². The lowest BCUT2D eigenvalue weighted by Gasteiger charge is -2.36. The Kier molecular flexibility index (Phi) is 7.70. The molecule has 0 aliphatic carbocycles. The third-order valence-corrected chi connectivity index (χ3v) is 4.93. The zero-order valence-corrected chi connectivity index (χ0v) is 17.9. The minimum atomic E-state index is -0.513. The standard InChI is InChI=1S/C23H29FN4O3/c1-17(2)31-21-9-8-18(24)16-20(21)26-23(30)25-11-10-22(29)28-14-12-27(13-15-28)19-6-4-3-5-7-19/h3-9,16-17H,10-15H2,1-2H3,(H2,25,26,30). The van der Waals surface area contributed by atoms with Gasteiger partial charge in [-0.1, -0.05) is 18.2 Å². The summed E-state index contributed by atoms with van der Waals surface area (Å²) in [5.41, 5.74) is 1.40. The molecular weight excluding hydrogens is 399 g/mol. The van der Waals surface area contributed by atoms with E-state index < -0.39 is 11.8 Å². The molecule has 3 rings (SSSR count). The lowest BCUT2D eigenvalue weighted by Crippen LogP contribution is -2.49. The van der Waals surface area contributed by atoms with E-state index in [4.69, 9.17) is 4.74 Å². The van der Waals surface area contributed by atoms with Gasteiger partial charge in [0, 0.05) is 50.9 Å². The molecule has 31 heavy (non-hydrogen) atoms. The predicted octanol–water partition coefficient (Wildman–Crippen LogP) is 3.47. The Hall–Kier alpha value is -3.29. The summed E-state index contributed by atoms with van der Waals surface area (Å²) in [6.07, 6.45) is 0.0890. The fraction of sp³-hybridized carbons (Fsp3) is 0.391. The summed E-state index contributed by atoms with van der Waals surface area (Å²) >= 11 is 0. The van der Waals surface area contributed by atoms with E-state index in [1.54, 1.807) is 0 Å². The number of halogens is 1. The monoisotopic (exact) mass is 428 g/mol. The molecule has 0 aromatic heterocycles. The van der Waals surface area contributed by atoms with Gasteiger partial charge in [-0.25, -0.2) is 9.18 Å². The number of ether oxygens (including phenoxy) is 1. The Morgan fingerprint density at radius 1 is 1.06 bits per heavy atom. The third-order valence-electron chi connectivity index (χ3n) is 4.93. The number of carbonyl (C=O) groups is 2. The molecule has 1 saturated heterocycles. The highest BCUT2D eigenvalue weighted by atomic mass is 19.1. The number of nitrogens with zero attached hydrogens (tertiary/aromatic N) is 2. The van der Waals surface area contributed by atoms with Crippen LogP contribution < -0.4 is 20.3 Å².